The Morgan fingerprint density at radius 2 is 0.685 bits per heavy atom. The number of aryl methyl sites for hydroxylation is 6. The largest absolute Gasteiger partial charge is 0.451 e. The number of para-hydroxylation sites is 2. The summed E-state index contributed by atoms with van der Waals surface area (Å²) in [6.07, 6.45) is -3.71. The van der Waals surface area contributed by atoms with E-state index in [1.54, 1.807) is 66.6 Å². The van der Waals surface area contributed by atoms with Gasteiger partial charge in [0.15, 0.2) is 18.3 Å². The van der Waals surface area contributed by atoms with E-state index in [2.05, 4.69) is 41.5 Å². The second-order valence-electron chi connectivity index (χ2n) is 28.8. The first-order valence-electron chi connectivity index (χ1n) is 37.5. The summed E-state index contributed by atoms with van der Waals surface area (Å²) in [5.41, 5.74) is 14.2. The Morgan fingerprint density at radius 1 is 0.396 bits per heavy atom. The summed E-state index contributed by atoms with van der Waals surface area (Å²) < 4.78 is 16.8. The van der Waals surface area contributed by atoms with Crippen LogP contribution in [-0.4, -0.2) is 174 Å². The Kier molecular flexibility index (Phi) is 31.6. The summed E-state index contributed by atoms with van der Waals surface area (Å²) in [7, 11) is 9.71. The van der Waals surface area contributed by atoms with E-state index < -0.39 is 42.3 Å². The van der Waals surface area contributed by atoms with Crippen molar-refractivity contribution in [1.82, 2.24) is 20.4 Å². The zero-order chi connectivity index (χ0) is 80.3. The fourth-order valence-electron chi connectivity index (χ4n) is 12.9. The predicted molar refractivity (Wildman–Crippen MR) is 451 cm³/mol. The maximum absolute atomic E-state index is 13.7. The van der Waals surface area contributed by atoms with Gasteiger partial charge in [0.25, 0.3) is 23.6 Å². The van der Waals surface area contributed by atoms with Gasteiger partial charge in [-0.25, -0.2) is 0 Å². The van der Waals surface area contributed by atoms with Gasteiger partial charge in [-0.1, -0.05) is 156 Å². The second kappa shape index (κ2) is 40.6. The number of nitrogens with one attached hydrogen (secondary N) is 2. The molecule has 12 rings (SSSR count). The maximum Gasteiger partial charge on any atom is 0.303 e. The van der Waals surface area contributed by atoms with Gasteiger partial charge in [0, 0.05) is 98.8 Å². The van der Waals surface area contributed by atoms with Crippen LogP contribution in [0, 0.1) is 41.5 Å². The summed E-state index contributed by atoms with van der Waals surface area (Å²) >= 11 is 6.31. The lowest BCUT2D eigenvalue weighted by molar-refractivity contribution is -0.153. The molecule has 8 aromatic rings. The van der Waals surface area contributed by atoms with Crippen LogP contribution in [0.3, 0.4) is 0 Å². The molecule has 4 amide bonds. The molecule has 3 N–H and O–H groups in total. The van der Waals surface area contributed by atoms with Crippen molar-refractivity contribution in [2.45, 2.75) is 147 Å². The molecule has 4 heterocycles. The molecule has 8 aromatic carbocycles. The predicted octanol–water partition coefficient (Wildman–Crippen LogP) is 14.8. The third-order valence-electron chi connectivity index (χ3n) is 19.3. The van der Waals surface area contributed by atoms with Crippen molar-refractivity contribution in [3.05, 3.63) is 238 Å². The normalized spacial score (nSPS) is 19.4. The van der Waals surface area contributed by atoms with Crippen molar-refractivity contribution in [2.24, 2.45) is 0 Å². The van der Waals surface area contributed by atoms with E-state index in [-0.39, 0.29) is 44.6 Å². The number of fused-ring (bicyclic) bond motifs is 4. The average molecular weight is 1580 g/mol. The van der Waals surface area contributed by atoms with Gasteiger partial charge in [-0.3, -0.25) is 33.6 Å². The first-order valence-corrected chi connectivity index (χ1v) is 41.0. The summed E-state index contributed by atoms with van der Waals surface area (Å²) in [6, 6.07) is 60.6. The van der Waals surface area contributed by atoms with Crippen molar-refractivity contribution in [3.63, 3.8) is 0 Å². The third kappa shape index (κ3) is 22.8. The molecule has 19 nitrogen and oxygen atoms in total. The zero-order valence-corrected chi connectivity index (χ0v) is 69.8. The smallest absolute Gasteiger partial charge is 0.303 e. The molecule has 4 aliphatic rings. The molecule has 0 radical (unpaired) electrons. The highest BCUT2D eigenvalue weighted by Gasteiger charge is 2.45. The topological polar surface area (TPSA) is 211 Å². The van der Waals surface area contributed by atoms with Crippen LogP contribution < -0.4 is 30.2 Å². The van der Waals surface area contributed by atoms with Crippen LogP contribution >= 0.6 is 47.0 Å². The monoisotopic (exact) mass is 1580 g/mol. The molecular weight excluding hydrogens is 1470 g/mol. The average Bonchev–Trinajstić information content (AvgIpc) is 1.65. The van der Waals surface area contributed by atoms with Gasteiger partial charge in [-0.15, -0.1) is 47.0 Å². The second-order valence-corrected chi connectivity index (χ2v) is 33.5. The number of carbonyl (C=O) groups is 7. The van der Waals surface area contributed by atoms with Crippen LogP contribution in [-0.2, 0) is 47.8 Å². The number of amides is 4. The van der Waals surface area contributed by atoms with Crippen molar-refractivity contribution in [2.75, 3.05) is 107 Å². The Balaban J connectivity index is 0.000000171. The lowest BCUT2D eigenvalue weighted by Crippen LogP contribution is -2.46. The van der Waals surface area contributed by atoms with Crippen LogP contribution in [0.5, 0.6) is 0 Å². The van der Waals surface area contributed by atoms with E-state index >= 15 is 0 Å². The van der Waals surface area contributed by atoms with E-state index in [4.69, 9.17) is 14.2 Å². The highest BCUT2D eigenvalue weighted by molar-refractivity contribution is 8.00. The molecule has 0 aliphatic carbocycles. The number of hydrogen-bond donors (Lipinski definition) is 3. The van der Waals surface area contributed by atoms with Gasteiger partial charge < -0.3 is 59.4 Å². The Hall–Kier alpha value is -8.75. The van der Waals surface area contributed by atoms with Gasteiger partial charge in [-0.05, 0) is 173 Å². The molecule has 23 heteroatoms. The van der Waals surface area contributed by atoms with Crippen molar-refractivity contribution >= 4 is 111 Å². The maximum atomic E-state index is 13.7. The molecule has 0 saturated heterocycles. The minimum Gasteiger partial charge on any atom is -0.451 e. The van der Waals surface area contributed by atoms with E-state index in [9.17, 15) is 38.7 Å². The van der Waals surface area contributed by atoms with Crippen molar-refractivity contribution in [1.29, 1.82) is 0 Å². The van der Waals surface area contributed by atoms with Gasteiger partial charge in [0.2, 0.25) is 0 Å². The molecule has 0 fully saturated rings. The highest BCUT2D eigenvalue weighted by atomic mass is 32.2. The number of anilines is 4. The molecule has 0 bridgehead atoms. The van der Waals surface area contributed by atoms with E-state index in [0.717, 1.165) is 105 Å². The lowest BCUT2D eigenvalue weighted by Gasteiger charge is -2.30. The lowest BCUT2D eigenvalue weighted by atomic mass is 10.0. The fraction of sp³-hybridized carbons (Fsp3) is 0.375. The summed E-state index contributed by atoms with van der Waals surface area (Å²) in [5.74, 6) is -2.13. The van der Waals surface area contributed by atoms with Crippen LogP contribution in [0.15, 0.2) is 202 Å². The summed E-state index contributed by atoms with van der Waals surface area (Å²) in [6.45, 7) is 25.4. The first kappa shape index (κ1) is 86.2. The Morgan fingerprint density at radius 3 is 1.02 bits per heavy atom. The molecule has 0 spiro atoms. The van der Waals surface area contributed by atoms with E-state index in [0.29, 0.717) is 51.9 Å². The molecule has 0 saturated carbocycles. The molecule has 588 valence electrons. The number of rotatable bonds is 20. The quantitative estimate of drug-likeness (QED) is 0.0478. The van der Waals surface area contributed by atoms with E-state index in [1.807, 2.05) is 252 Å². The zero-order valence-electron chi connectivity index (χ0n) is 66.5. The summed E-state index contributed by atoms with van der Waals surface area (Å²) in [4.78, 5) is 105. The minimum absolute atomic E-state index is 0.176. The molecule has 8 atom stereocenters. The minimum atomic E-state index is -1.07. The fourth-order valence-corrected chi connectivity index (χ4v) is 18.3. The third-order valence-corrected chi connectivity index (χ3v) is 24.8. The number of esters is 3. The number of carbonyl (C=O) groups excluding carboxylic acids is 7. The van der Waals surface area contributed by atoms with Gasteiger partial charge in [0.05, 0.1) is 43.7 Å². The first-order chi connectivity index (χ1) is 53.0. The van der Waals surface area contributed by atoms with E-state index in [1.165, 1.54) is 20.8 Å². The van der Waals surface area contributed by atoms with Crippen molar-refractivity contribution < 1.29 is 52.9 Å². The van der Waals surface area contributed by atoms with Crippen LogP contribution in [0.4, 0.5) is 22.7 Å². The van der Waals surface area contributed by atoms with Gasteiger partial charge in [-0.2, -0.15) is 0 Å². The number of benzene rings is 8. The Labute approximate surface area is 672 Å². The number of nitrogens with zero attached hydrogens (tertiary/aromatic N) is 6. The van der Waals surface area contributed by atoms with Crippen molar-refractivity contribution in [3.8, 4) is 0 Å². The van der Waals surface area contributed by atoms with Gasteiger partial charge in [0.1, 0.15) is 6.10 Å². The highest BCUT2D eigenvalue weighted by Crippen LogP contribution is 2.51. The number of hydrogen-bond acceptors (Lipinski definition) is 19. The molecule has 0 unspecified atom stereocenters. The number of ether oxygens (including phenoxy) is 3. The SMILES string of the molecule is CC(=O)O[C@H]1C(=O)N(CCN(C)C(C)C)c2ccccc2S[C@H]1c1ccc(C)cc1.CC(=O)O[C@H]1C(=O)N(CCN(C)C)c2ccc(C)cc2S[C@H]1c1ccc(C)cc1.CNCCN1C(=O)[C@H](O)[C@H](c2ccc(C)cc2)Sc2ccccc21.CNCCN1C(=O)[C@H](OC(C)=O)[C@H](c2ccc(C)cc2)Sc2cc(C)ccc21. The molecule has 4 aliphatic heterocycles. The standard InChI is InChI=1S/C24H30N2O3S.C23H28N2O3S.C22H26N2O3S.C19H22N2O2S/c1-16(2)25(5)14-15-26-20-8-6-7-9-21(20)30-23(19-12-10-17(3)11-13-19)22(24(26)28)29-18(4)27;1-15-6-9-18(10-7-15)22-21(28-17(3)26)23(27)25(13-12-24(4)5)19-11-8-16(2)14-20(19)29-22;1-14-5-8-17(9-6-14)21-20(27-16(3)25)22(26)24(12-11-23-4)18-10-7-15(2)13-19(18)28-21;1-13-7-9-14(10-8-13)18-17(22)19(23)21(12-11-20-2)15-5-3-4-6-16(15)24-18/h6-13,16,22-23H,14-15H2,1-5H3;6-11,14,21-22H,12-13H2,1-5H3;5-10,13,20-21,23H,11-12H2,1-4H3;3-10,17-18,20,22H,11-12H2,1-2H3/t22-,23+;21-,22+;20-,21+;17-,18+/m1111/s1. The molecule has 111 heavy (non-hydrogen) atoms. The molecule has 0 aromatic heterocycles. The number of aliphatic hydroxyl groups excluding tert-OH is 1. The molecular formula is C88H106N8O11S4. The summed E-state index contributed by atoms with van der Waals surface area (Å²) in [5, 5.41) is 15.7. The number of aliphatic hydroxyl groups is 1. The van der Waals surface area contributed by atoms with Crippen LogP contribution in [0.25, 0.3) is 0 Å². The number of likely N-dealkylation sites (N-methyl/N-ethyl adjacent to an activating group) is 4. The van der Waals surface area contributed by atoms with Crippen LogP contribution in [0.2, 0.25) is 0 Å². The number of thioether (sulfide) groups is 4. The Bertz CT molecular complexity index is 4510. The van der Waals surface area contributed by atoms with Crippen LogP contribution in [0.1, 0.15) is 111 Å². The van der Waals surface area contributed by atoms with Gasteiger partial charge >= 0.3 is 17.9 Å².